The number of nitrogens with one attached hydrogen (secondary N) is 2. The van der Waals surface area contributed by atoms with Crippen molar-refractivity contribution in [1.82, 2.24) is 10.6 Å². The van der Waals surface area contributed by atoms with E-state index in [0.29, 0.717) is 18.0 Å². The van der Waals surface area contributed by atoms with E-state index >= 15 is 0 Å². The summed E-state index contributed by atoms with van der Waals surface area (Å²) >= 11 is 0. The molecule has 2 N–H and O–H groups in total. The van der Waals surface area contributed by atoms with Gasteiger partial charge in [0.25, 0.3) is 5.91 Å². The molecular formula is C22H28F2N2O2. The number of carbonyl (C=O) groups is 2. The number of halogens is 2. The fourth-order valence-electron chi connectivity index (χ4n) is 6.21. The quantitative estimate of drug-likeness (QED) is 0.744. The van der Waals surface area contributed by atoms with Gasteiger partial charge in [0.05, 0.1) is 5.56 Å². The van der Waals surface area contributed by atoms with Gasteiger partial charge in [0, 0.05) is 25.6 Å². The van der Waals surface area contributed by atoms with Crippen molar-refractivity contribution >= 4 is 11.8 Å². The van der Waals surface area contributed by atoms with Gasteiger partial charge in [-0.05, 0) is 80.2 Å². The van der Waals surface area contributed by atoms with Crippen molar-refractivity contribution in [1.29, 1.82) is 0 Å². The Morgan fingerprint density at radius 3 is 2.21 bits per heavy atom. The molecule has 4 nitrogen and oxygen atoms in total. The second kappa shape index (κ2) is 7.80. The van der Waals surface area contributed by atoms with E-state index in [1.54, 1.807) is 0 Å². The summed E-state index contributed by atoms with van der Waals surface area (Å²) < 4.78 is 26.5. The Hall–Kier alpha value is -1.98. The van der Waals surface area contributed by atoms with Crippen LogP contribution in [0.1, 0.15) is 61.7 Å². The van der Waals surface area contributed by atoms with Crippen molar-refractivity contribution in [3.8, 4) is 0 Å². The fraction of sp³-hybridized carbons (Fsp3) is 0.636. The van der Waals surface area contributed by atoms with Crippen molar-refractivity contribution < 1.29 is 18.4 Å². The van der Waals surface area contributed by atoms with E-state index in [2.05, 4.69) is 10.6 Å². The minimum absolute atomic E-state index is 0.107. The van der Waals surface area contributed by atoms with E-state index in [1.165, 1.54) is 38.5 Å². The second-order valence-electron chi connectivity index (χ2n) is 9.15. The Morgan fingerprint density at radius 1 is 0.964 bits per heavy atom. The van der Waals surface area contributed by atoms with Crippen LogP contribution < -0.4 is 10.6 Å². The summed E-state index contributed by atoms with van der Waals surface area (Å²) in [5, 5.41) is 5.49. The van der Waals surface area contributed by atoms with E-state index in [0.717, 1.165) is 36.3 Å². The van der Waals surface area contributed by atoms with Crippen LogP contribution in [0.2, 0.25) is 0 Å². The molecule has 0 saturated heterocycles. The van der Waals surface area contributed by atoms with E-state index in [1.807, 2.05) is 0 Å². The zero-order valence-electron chi connectivity index (χ0n) is 16.1. The SMILES string of the molecule is O=C(CCNC(=O)c1ccc(F)cc1F)NCCC12CC3CC(CC(C3)C1)C2. The molecule has 0 unspecified atom stereocenters. The second-order valence-corrected chi connectivity index (χ2v) is 9.15. The maximum Gasteiger partial charge on any atom is 0.254 e. The number of rotatable bonds is 7. The number of hydrogen-bond donors (Lipinski definition) is 2. The summed E-state index contributed by atoms with van der Waals surface area (Å²) in [7, 11) is 0. The molecule has 4 bridgehead atoms. The van der Waals surface area contributed by atoms with E-state index < -0.39 is 17.5 Å². The molecule has 4 aliphatic carbocycles. The molecule has 0 aliphatic heterocycles. The van der Waals surface area contributed by atoms with Crippen molar-refractivity contribution in [3.63, 3.8) is 0 Å². The molecule has 0 aromatic heterocycles. The summed E-state index contributed by atoms with van der Waals surface area (Å²) in [6, 6.07) is 2.81. The Morgan fingerprint density at radius 2 is 1.61 bits per heavy atom. The highest BCUT2D eigenvalue weighted by atomic mass is 19.1. The van der Waals surface area contributed by atoms with Gasteiger partial charge >= 0.3 is 0 Å². The minimum Gasteiger partial charge on any atom is -0.356 e. The van der Waals surface area contributed by atoms with Crippen LogP contribution in [-0.4, -0.2) is 24.9 Å². The smallest absolute Gasteiger partial charge is 0.254 e. The average molecular weight is 390 g/mol. The molecule has 4 aliphatic rings. The monoisotopic (exact) mass is 390 g/mol. The van der Waals surface area contributed by atoms with Crippen LogP contribution in [0.3, 0.4) is 0 Å². The lowest BCUT2D eigenvalue weighted by Crippen LogP contribution is -2.47. The first-order valence-electron chi connectivity index (χ1n) is 10.4. The highest BCUT2D eigenvalue weighted by molar-refractivity contribution is 5.94. The maximum absolute atomic E-state index is 13.6. The molecule has 28 heavy (non-hydrogen) atoms. The maximum atomic E-state index is 13.6. The van der Waals surface area contributed by atoms with Crippen LogP contribution in [0.4, 0.5) is 8.78 Å². The van der Waals surface area contributed by atoms with Gasteiger partial charge in [-0.25, -0.2) is 8.78 Å². The van der Waals surface area contributed by atoms with E-state index in [-0.39, 0.29) is 24.4 Å². The molecule has 0 atom stereocenters. The molecule has 4 saturated carbocycles. The van der Waals surface area contributed by atoms with Gasteiger partial charge in [-0.1, -0.05) is 0 Å². The van der Waals surface area contributed by atoms with Crippen molar-refractivity contribution in [2.45, 2.75) is 51.4 Å². The van der Waals surface area contributed by atoms with Gasteiger partial charge in [0.2, 0.25) is 5.91 Å². The van der Waals surface area contributed by atoms with Gasteiger partial charge in [0.1, 0.15) is 11.6 Å². The van der Waals surface area contributed by atoms with Crippen LogP contribution >= 0.6 is 0 Å². The summed E-state index contributed by atoms with van der Waals surface area (Å²) in [6.45, 7) is 0.810. The first-order chi connectivity index (χ1) is 13.4. The Kier molecular flexibility index (Phi) is 5.39. The highest BCUT2D eigenvalue weighted by Crippen LogP contribution is 2.61. The lowest BCUT2D eigenvalue weighted by Gasteiger charge is -2.57. The molecule has 0 radical (unpaired) electrons. The van der Waals surface area contributed by atoms with Crippen molar-refractivity contribution in [2.75, 3.05) is 13.1 Å². The largest absolute Gasteiger partial charge is 0.356 e. The standard InChI is InChI=1S/C22H28F2N2O2/c23-17-1-2-18(19(24)10-17)21(28)26-5-3-20(27)25-6-4-22-11-14-7-15(12-22)9-16(8-14)13-22/h1-2,10,14-16H,3-9,11-13H2,(H,25,27)(H,26,28). The van der Waals surface area contributed by atoms with Gasteiger partial charge in [-0.15, -0.1) is 0 Å². The minimum atomic E-state index is -0.905. The zero-order chi connectivity index (χ0) is 19.7. The van der Waals surface area contributed by atoms with Crippen LogP contribution in [-0.2, 0) is 4.79 Å². The highest BCUT2D eigenvalue weighted by Gasteiger charge is 2.50. The van der Waals surface area contributed by atoms with E-state index in [9.17, 15) is 18.4 Å². The number of benzene rings is 1. The van der Waals surface area contributed by atoms with Gasteiger partial charge in [-0.3, -0.25) is 9.59 Å². The Bertz CT molecular complexity index is 730. The molecule has 6 heteroatoms. The van der Waals surface area contributed by atoms with Crippen LogP contribution in [0, 0.1) is 34.8 Å². The molecule has 0 heterocycles. The lowest BCUT2D eigenvalue weighted by atomic mass is 9.49. The molecule has 152 valence electrons. The van der Waals surface area contributed by atoms with Gasteiger partial charge in [-0.2, -0.15) is 0 Å². The average Bonchev–Trinajstić information content (AvgIpc) is 2.60. The van der Waals surface area contributed by atoms with Crippen LogP contribution in [0.5, 0.6) is 0 Å². The number of hydrogen-bond acceptors (Lipinski definition) is 2. The van der Waals surface area contributed by atoms with Gasteiger partial charge < -0.3 is 10.6 Å². The Labute approximate surface area is 164 Å². The molecule has 1 aromatic carbocycles. The molecule has 0 spiro atoms. The predicted octanol–water partition coefficient (Wildman–Crippen LogP) is 3.81. The Balaban J connectivity index is 1.17. The molecular weight excluding hydrogens is 362 g/mol. The molecule has 1 aromatic rings. The van der Waals surface area contributed by atoms with Crippen molar-refractivity contribution in [2.24, 2.45) is 23.2 Å². The summed E-state index contributed by atoms with van der Waals surface area (Å²) in [6.07, 6.45) is 9.43. The normalized spacial score (nSPS) is 30.3. The fourth-order valence-corrected chi connectivity index (χ4v) is 6.21. The van der Waals surface area contributed by atoms with Crippen LogP contribution in [0.25, 0.3) is 0 Å². The zero-order valence-corrected chi connectivity index (χ0v) is 16.1. The third-order valence-electron chi connectivity index (χ3n) is 6.96. The van der Waals surface area contributed by atoms with Crippen molar-refractivity contribution in [3.05, 3.63) is 35.4 Å². The third-order valence-corrected chi connectivity index (χ3v) is 6.96. The van der Waals surface area contributed by atoms with Crippen LogP contribution in [0.15, 0.2) is 18.2 Å². The molecule has 2 amide bonds. The first-order valence-corrected chi connectivity index (χ1v) is 10.4. The summed E-state index contributed by atoms with van der Waals surface area (Å²) in [4.78, 5) is 24.0. The number of amides is 2. The van der Waals surface area contributed by atoms with Gasteiger partial charge in [0.15, 0.2) is 0 Å². The molecule has 5 rings (SSSR count). The molecule has 4 fully saturated rings. The number of carbonyl (C=O) groups excluding carboxylic acids is 2. The predicted molar refractivity (Wildman–Crippen MR) is 102 cm³/mol. The summed E-state index contributed by atoms with van der Waals surface area (Å²) in [5.74, 6) is 0.338. The van der Waals surface area contributed by atoms with E-state index in [4.69, 9.17) is 0 Å². The lowest BCUT2D eigenvalue weighted by molar-refractivity contribution is -0.121. The topological polar surface area (TPSA) is 58.2 Å². The third kappa shape index (κ3) is 4.20. The first kappa shape index (κ1) is 19.3. The summed E-state index contributed by atoms with van der Waals surface area (Å²) in [5.41, 5.74) is 0.222.